The molecule has 2 heterocycles. The van der Waals surface area contributed by atoms with Gasteiger partial charge in [0, 0.05) is 45.1 Å². The monoisotopic (exact) mass is 492 g/mol. The molecule has 0 bridgehead atoms. The minimum absolute atomic E-state index is 0.0188. The second-order valence-electron chi connectivity index (χ2n) is 9.44. The van der Waals surface area contributed by atoms with E-state index in [4.69, 9.17) is 14.6 Å². The lowest BCUT2D eigenvalue weighted by Gasteiger charge is -2.30. The van der Waals surface area contributed by atoms with Gasteiger partial charge >= 0.3 is 0 Å². The number of hydrogen-bond acceptors (Lipinski definition) is 6. The molecule has 0 spiro atoms. The Kier molecular flexibility index (Phi) is 8.38. The first-order valence-electron chi connectivity index (χ1n) is 12.5. The molecular formula is C28H36N4O4. The first-order chi connectivity index (χ1) is 17.4. The van der Waals surface area contributed by atoms with Crippen molar-refractivity contribution in [2.45, 2.75) is 33.2 Å². The number of hydrazone groups is 1. The van der Waals surface area contributed by atoms with Gasteiger partial charge in [0.05, 0.1) is 32.1 Å². The Hall–Kier alpha value is -3.23. The van der Waals surface area contributed by atoms with E-state index in [1.165, 1.54) is 18.1 Å². The van der Waals surface area contributed by atoms with Crippen molar-refractivity contribution in [2.75, 3.05) is 53.0 Å². The average Bonchev–Trinajstić information content (AvgIpc) is 3.34. The van der Waals surface area contributed by atoms with Gasteiger partial charge in [-0.05, 0) is 42.7 Å². The Balaban J connectivity index is 1.58. The maximum Gasteiger partial charge on any atom is 0.262 e. The molecule has 4 rings (SSSR count). The summed E-state index contributed by atoms with van der Waals surface area (Å²) in [5.41, 5.74) is 5.15. The first kappa shape index (κ1) is 25.9. The van der Waals surface area contributed by atoms with Gasteiger partial charge in [0.2, 0.25) is 5.91 Å². The Morgan fingerprint density at radius 1 is 1.11 bits per heavy atom. The summed E-state index contributed by atoms with van der Waals surface area (Å²) in [6.45, 7) is 9.92. The van der Waals surface area contributed by atoms with Crippen molar-refractivity contribution in [1.82, 2.24) is 14.8 Å². The maximum atomic E-state index is 13.6. The lowest BCUT2D eigenvalue weighted by molar-refractivity contribution is -0.140. The number of hydrogen-bond donors (Lipinski definition) is 0. The lowest BCUT2D eigenvalue weighted by atomic mass is 9.96. The van der Waals surface area contributed by atoms with Crippen molar-refractivity contribution in [3.8, 4) is 5.75 Å². The van der Waals surface area contributed by atoms with Gasteiger partial charge in [0.15, 0.2) is 0 Å². The Morgan fingerprint density at radius 2 is 1.86 bits per heavy atom. The van der Waals surface area contributed by atoms with Gasteiger partial charge in [-0.25, -0.2) is 5.01 Å². The van der Waals surface area contributed by atoms with Crippen molar-refractivity contribution in [3.05, 3.63) is 64.7 Å². The van der Waals surface area contributed by atoms with E-state index < -0.39 is 0 Å². The summed E-state index contributed by atoms with van der Waals surface area (Å²) in [6.07, 6.45) is 0.572. The predicted molar refractivity (Wildman–Crippen MR) is 139 cm³/mol. The molecule has 0 saturated carbocycles. The van der Waals surface area contributed by atoms with Gasteiger partial charge in [-0.15, -0.1) is 0 Å². The SMILES string of the molecule is COc1ccccc1[C@H]1CC(c2ccc(C)c(C)c2)=NN1C(=O)CN(CCN1CCOCC1)C(C)=O. The molecule has 1 saturated heterocycles. The Bertz CT molecular complexity index is 1130. The molecule has 2 amide bonds. The Morgan fingerprint density at radius 3 is 2.56 bits per heavy atom. The molecule has 2 aliphatic heterocycles. The molecule has 192 valence electrons. The van der Waals surface area contributed by atoms with Crippen LogP contribution in [0, 0.1) is 13.8 Å². The smallest absolute Gasteiger partial charge is 0.262 e. The van der Waals surface area contributed by atoms with E-state index in [1.807, 2.05) is 24.3 Å². The highest BCUT2D eigenvalue weighted by atomic mass is 16.5. The summed E-state index contributed by atoms with van der Waals surface area (Å²) in [5.74, 6) is 0.387. The molecule has 36 heavy (non-hydrogen) atoms. The van der Waals surface area contributed by atoms with Crippen LogP contribution in [0.25, 0.3) is 0 Å². The summed E-state index contributed by atoms with van der Waals surface area (Å²) in [6, 6.07) is 13.7. The molecule has 8 heteroatoms. The number of carbonyl (C=O) groups is 2. The quantitative estimate of drug-likeness (QED) is 0.566. The number of nitrogens with zero attached hydrogens (tertiary/aromatic N) is 4. The molecule has 0 radical (unpaired) electrons. The van der Waals surface area contributed by atoms with E-state index in [0.717, 1.165) is 29.9 Å². The molecule has 1 atom stereocenters. The van der Waals surface area contributed by atoms with Crippen LogP contribution in [0.1, 0.15) is 41.6 Å². The molecule has 0 aliphatic carbocycles. The number of morpholine rings is 1. The summed E-state index contributed by atoms with van der Waals surface area (Å²) in [4.78, 5) is 29.9. The van der Waals surface area contributed by atoms with Gasteiger partial charge in [-0.3, -0.25) is 14.5 Å². The van der Waals surface area contributed by atoms with Gasteiger partial charge in [-0.2, -0.15) is 5.10 Å². The third-order valence-electron chi connectivity index (χ3n) is 7.07. The second kappa shape index (κ2) is 11.7. The zero-order valence-electron chi connectivity index (χ0n) is 21.7. The number of carbonyl (C=O) groups excluding carboxylic acids is 2. The highest BCUT2D eigenvalue weighted by molar-refractivity contribution is 6.03. The molecule has 2 aromatic carbocycles. The summed E-state index contributed by atoms with van der Waals surface area (Å²) < 4.78 is 11.0. The molecule has 0 N–H and O–H groups in total. The maximum absolute atomic E-state index is 13.6. The summed E-state index contributed by atoms with van der Waals surface area (Å²) >= 11 is 0. The van der Waals surface area contributed by atoms with Gasteiger partial charge in [0.25, 0.3) is 5.91 Å². The summed E-state index contributed by atoms with van der Waals surface area (Å²) in [7, 11) is 1.63. The van der Waals surface area contributed by atoms with Crippen LogP contribution in [0.15, 0.2) is 47.6 Å². The molecule has 2 aliphatic rings. The van der Waals surface area contributed by atoms with Gasteiger partial charge in [0.1, 0.15) is 12.3 Å². The highest BCUT2D eigenvalue weighted by Gasteiger charge is 2.35. The minimum Gasteiger partial charge on any atom is -0.496 e. The zero-order valence-corrected chi connectivity index (χ0v) is 21.7. The fourth-order valence-electron chi connectivity index (χ4n) is 4.69. The third-order valence-corrected chi connectivity index (χ3v) is 7.07. The first-order valence-corrected chi connectivity index (χ1v) is 12.5. The van der Waals surface area contributed by atoms with Crippen LogP contribution < -0.4 is 4.74 Å². The molecule has 1 fully saturated rings. The van der Waals surface area contributed by atoms with Crippen LogP contribution in [0.5, 0.6) is 5.75 Å². The lowest BCUT2D eigenvalue weighted by Crippen LogP contribution is -2.45. The molecule has 0 unspecified atom stereocenters. The van der Waals surface area contributed by atoms with Crippen LogP contribution in [0.3, 0.4) is 0 Å². The molecule has 0 aromatic heterocycles. The van der Waals surface area contributed by atoms with Crippen molar-refractivity contribution in [1.29, 1.82) is 0 Å². The topological polar surface area (TPSA) is 74.7 Å². The van der Waals surface area contributed by atoms with Crippen LogP contribution in [0.2, 0.25) is 0 Å². The van der Waals surface area contributed by atoms with Crippen LogP contribution in [-0.4, -0.2) is 85.4 Å². The van der Waals surface area contributed by atoms with Gasteiger partial charge in [-0.1, -0.05) is 30.3 Å². The number of para-hydroxylation sites is 1. The van der Waals surface area contributed by atoms with E-state index in [0.29, 0.717) is 38.5 Å². The minimum atomic E-state index is -0.307. The van der Waals surface area contributed by atoms with Gasteiger partial charge < -0.3 is 14.4 Å². The van der Waals surface area contributed by atoms with Crippen LogP contribution >= 0.6 is 0 Å². The van der Waals surface area contributed by atoms with Crippen molar-refractivity contribution in [3.63, 3.8) is 0 Å². The summed E-state index contributed by atoms with van der Waals surface area (Å²) in [5, 5.41) is 6.35. The van der Waals surface area contributed by atoms with Crippen molar-refractivity contribution < 1.29 is 19.1 Å². The number of rotatable bonds is 8. The van der Waals surface area contributed by atoms with Crippen LogP contribution in [0.4, 0.5) is 0 Å². The Labute approximate surface area is 213 Å². The standard InChI is InChI=1S/C28H36N4O4/c1-20-9-10-23(17-21(20)2)25-18-26(24-7-5-6-8-27(24)35-4)32(29-25)28(34)19-31(22(3)33)12-11-30-13-15-36-16-14-30/h5-10,17,26H,11-16,18-19H2,1-4H3/t26-/m1/s1. The number of methoxy groups -OCH3 is 1. The molecule has 8 nitrogen and oxygen atoms in total. The fraction of sp³-hybridized carbons (Fsp3) is 0.464. The third kappa shape index (κ3) is 5.94. The average molecular weight is 493 g/mol. The number of amides is 2. The second-order valence-corrected chi connectivity index (χ2v) is 9.44. The van der Waals surface area contributed by atoms with E-state index in [1.54, 1.807) is 17.0 Å². The molecule has 2 aromatic rings. The highest BCUT2D eigenvalue weighted by Crippen LogP contribution is 2.37. The fourth-order valence-corrected chi connectivity index (χ4v) is 4.69. The molecular weight excluding hydrogens is 456 g/mol. The van der Waals surface area contributed by atoms with E-state index in [9.17, 15) is 9.59 Å². The van der Waals surface area contributed by atoms with Crippen molar-refractivity contribution in [2.24, 2.45) is 5.10 Å². The largest absolute Gasteiger partial charge is 0.496 e. The normalized spacial score (nSPS) is 18.2. The van der Waals surface area contributed by atoms with E-state index in [2.05, 4.69) is 36.9 Å². The van der Waals surface area contributed by atoms with E-state index in [-0.39, 0.29) is 24.4 Å². The number of benzene rings is 2. The number of aryl methyl sites for hydroxylation is 2. The predicted octanol–water partition coefficient (Wildman–Crippen LogP) is 3.17. The van der Waals surface area contributed by atoms with Crippen LogP contribution in [-0.2, 0) is 14.3 Å². The number of ether oxygens (including phenoxy) is 2. The zero-order chi connectivity index (χ0) is 25.7. The van der Waals surface area contributed by atoms with E-state index >= 15 is 0 Å². The van der Waals surface area contributed by atoms with Crippen molar-refractivity contribution >= 4 is 17.5 Å².